The Morgan fingerprint density at radius 3 is 2.33 bits per heavy atom. The first kappa shape index (κ1) is 18.2. The van der Waals surface area contributed by atoms with Crippen molar-refractivity contribution in [2.24, 2.45) is 5.73 Å². The van der Waals surface area contributed by atoms with Crippen LogP contribution >= 0.6 is 0 Å². The van der Waals surface area contributed by atoms with E-state index in [1.54, 1.807) is 0 Å². The highest BCUT2D eigenvalue weighted by Crippen LogP contribution is 2.36. The fraction of sp³-hybridized carbons (Fsp3) is 0.947. The molecule has 0 atom stereocenters. The first-order valence-corrected chi connectivity index (χ1v) is 9.82. The molecular weight excluding hydrogens is 302 g/mol. The number of rotatable bonds is 4. The maximum absolute atomic E-state index is 12.7. The van der Waals surface area contributed by atoms with Crippen molar-refractivity contribution in [3.8, 4) is 0 Å². The highest BCUT2D eigenvalue weighted by atomic mass is 16.5. The van der Waals surface area contributed by atoms with E-state index in [9.17, 15) is 4.79 Å². The van der Waals surface area contributed by atoms with Crippen LogP contribution in [0.15, 0.2) is 0 Å². The molecule has 0 bridgehead atoms. The number of amides is 1. The number of morpholine rings is 1. The molecule has 0 aromatic heterocycles. The van der Waals surface area contributed by atoms with Crippen molar-refractivity contribution >= 4 is 5.91 Å². The standard InChI is InChI=1S/C19H35N3O2/c1-17(2)15-22(12-13-24-17)18(8-4-3-5-9-18)14-21-16(23)19(20)10-6-7-11-19/h3-15,20H2,1-2H3,(H,21,23). The normalized spacial score (nSPS) is 29.3. The van der Waals surface area contributed by atoms with Gasteiger partial charge in [-0.1, -0.05) is 32.1 Å². The lowest BCUT2D eigenvalue weighted by molar-refractivity contribution is -0.132. The zero-order valence-electron chi connectivity index (χ0n) is 15.5. The molecule has 3 rings (SSSR count). The molecule has 138 valence electrons. The lowest BCUT2D eigenvalue weighted by atomic mass is 9.79. The number of ether oxygens (including phenoxy) is 1. The average molecular weight is 338 g/mol. The van der Waals surface area contributed by atoms with Crippen molar-refractivity contribution in [3.05, 3.63) is 0 Å². The summed E-state index contributed by atoms with van der Waals surface area (Å²) in [5, 5.41) is 3.25. The quantitative estimate of drug-likeness (QED) is 0.825. The fourth-order valence-electron chi connectivity index (χ4n) is 4.89. The minimum Gasteiger partial charge on any atom is -0.373 e. The second-order valence-corrected chi connectivity index (χ2v) is 8.86. The molecule has 3 N–H and O–H groups in total. The summed E-state index contributed by atoms with van der Waals surface area (Å²) in [5.41, 5.74) is 5.70. The third-order valence-electron chi connectivity index (χ3n) is 6.41. The van der Waals surface area contributed by atoms with E-state index in [1.807, 2.05) is 0 Å². The number of hydrogen-bond acceptors (Lipinski definition) is 4. The van der Waals surface area contributed by atoms with E-state index >= 15 is 0 Å². The summed E-state index contributed by atoms with van der Waals surface area (Å²) in [7, 11) is 0. The molecule has 1 amide bonds. The van der Waals surface area contributed by atoms with Crippen LogP contribution in [0.4, 0.5) is 0 Å². The monoisotopic (exact) mass is 337 g/mol. The maximum atomic E-state index is 12.7. The summed E-state index contributed by atoms with van der Waals surface area (Å²) in [6.07, 6.45) is 9.96. The Labute approximate surface area is 146 Å². The van der Waals surface area contributed by atoms with Crippen LogP contribution in [0, 0.1) is 0 Å². The van der Waals surface area contributed by atoms with E-state index in [0.29, 0.717) is 0 Å². The second kappa shape index (κ2) is 6.93. The first-order chi connectivity index (χ1) is 11.4. The molecule has 5 heteroatoms. The van der Waals surface area contributed by atoms with E-state index < -0.39 is 5.54 Å². The minimum absolute atomic E-state index is 0.0671. The number of hydrogen-bond donors (Lipinski definition) is 2. The molecule has 1 heterocycles. The highest BCUT2D eigenvalue weighted by molar-refractivity contribution is 5.86. The number of carbonyl (C=O) groups is 1. The Bertz CT molecular complexity index is 452. The molecule has 24 heavy (non-hydrogen) atoms. The lowest BCUT2D eigenvalue weighted by Crippen LogP contribution is -2.64. The van der Waals surface area contributed by atoms with Crippen molar-refractivity contribution in [2.45, 2.75) is 88.3 Å². The number of nitrogens with zero attached hydrogens (tertiary/aromatic N) is 1. The molecular formula is C19H35N3O2. The Kier molecular flexibility index (Phi) is 5.24. The SMILES string of the molecule is CC1(C)CN(C2(CNC(=O)C3(N)CCCC3)CCCCC2)CCO1. The minimum atomic E-state index is -0.625. The van der Waals surface area contributed by atoms with Crippen LogP contribution in [0.5, 0.6) is 0 Å². The Balaban J connectivity index is 1.68. The van der Waals surface area contributed by atoms with Gasteiger partial charge in [0.05, 0.1) is 17.7 Å². The molecule has 0 unspecified atom stereocenters. The molecule has 3 fully saturated rings. The van der Waals surface area contributed by atoms with Gasteiger partial charge < -0.3 is 15.8 Å². The van der Waals surface area contributed by atoms with Crippen LogP contribution in [0.25, 0.3) is 0 Å². The summed E-state index contributed by atoms with van der Waals surface area (Å²) in [4.78, 5) is 15.3. The van der Waals surface area contributed by atoms with Crippen molar-refractivity contribution < 1.29 is 9.53 Å². The van der Waals surface area contributed by atoms with Gasteiger partial charge in [-0.25, -0.2) is 0 Å². The van der Waals surface area contributed by atoms with Gasteiger partial charge in [0.25, 0.3) is 0 Å². The second-order valence-electron chi connectivity index (χ2n) is 8.86. The van der Waals surface area contributed by atoms with Crippen molar-refractivity contribution in [3.63, 3.8) is 0 Å². The molecule has 5 nitrogen and oxygen atoms in total. The van der Waals surface area contributed by atoms with E-state index in [2.05, 4.69) is 24.1 Å². The van der Waals surface area contributed by atoms with Crippen LogP contribution in [0.2, 0.25) is 0 Å². The zero-order chi connectivity index (χ0) is 17.3. The molecule has 3 aliphatic rings. The van der Waals surface area contributed by atoms with Crippen LogP contribution in [-0.2, 0) is 9.53 Å². The third-order valence-corrected chi connectivity index (χ3v) is 6.41. The topological polar surface area (TPSA) is 67.6 Å². The van der Waals surface area contributed by atoms with E-state index in [0.717, 1.165) is 51.9 Å². The van der Waals surface area contributed by atoms with Gasteiger partial charge in [0.1, 0.15) is 0 Å². The molecule has 2 saturated carbocycles. The molecule has 0 radical (unpaired) electrons. The highest BCUT2D eigenvalue weighted by Gasteiger charge is 2.44. The molecule has 0 aromatic carbocycles. The lowest BCUT2D eigenvalue weighted by Gasteiger charge is -2.51. The van der Waals surface area contributed by atoms with E-state index in [-0.39, 0.29) is 17.0 Å². The third kappa shape index (κ3) is 3.78. The summed E-state index contributed by atoms with van der Waals surface area (Å²) in [5.74, 6) is 0.0671. The van der Waals surface area contributed by atoms with Crippen molar-refractivity contribution in [1.82, 2.24) is 10.2 Å². The smallest absolute Gasteiger partial charge is 0.240 e. The van der Waals surface area contributed by atoms with Gasteiger partial charge in [-0.3, -0.25) is 9.69 Å². The van der Waals surface area contributed by atoms with Gasteiger partial charge in [-0.05, 0) is 39.5 Å². The van der Waals surface area contributed by atoms with Gasteiger partial charge in [-0.15, -0.1) is 0 Å². The number of nitrogens with one attached hydrogen (secondary N) is 1. The van der Waals surface area contributed by atoms with E-state index in [4.69, 9.17) is 10.5 Å². The van der Waals surface area contributed by atoms with E-state index in [1.165, 1.54) is 32.1 Å². The Hall–Kier alpha value is -0.650. The van der Waals surface area contributed by atoms with Gasteiger partial charge in [0, 0.05) is 25.2 Å². The van der Waals surface area contributed by atoms with Gasteiger partial charge >= 0.3 is 0 Å². The molecule has 0 aromatic rings. The van der Waals surface area contributed by atoms with Gasteiger partial charge in [0.15, 0.2) is 0 Å². The van der Waals surface area contributed by atoms with Crippen LogP contribution in [-0.4, -0.2) is 53.7 Å². The summed E-state index contributed by atoms with van der Waals surface area (Å²) in [6.45, 7) is 7.76. The fourth-order valence-corrected chi connectivity index (χ4v) is 4.89. The van der Waals surface area contributed by atoms with Gasteiger partial charge in [-0.2, -0.15) is 0 Å². The predicted molar refractivity (Wildman–Crippen MR) is 95.8 cm³/mol. The van der Waals surface area contributed by atoms with Crippen LogP contribution < -0.4 is 11.1 Å². The number of carbonyl (C=O) groups excluding carboxylic acids is 1. The van der Waals surface area contributed by atoms with Crippen molar-refractivity contribution in [2.75, 3.05) is 26.2 Å². The zero-order valence-corrected chi connectivity index (χ0v) is 15.5. The van der Waals surface area contributed by atoms with Crippen LogP contribution in [0.3, 0.4) is 0 Å². The summed E-state index contributed by atoms with van der Waals surface area (Å²) >= 11 is 0. The molecule has 2 aliphatic carbocycles. The molecule has 0 spiro atoms. The largest absolute Gasteiger partial charge is 0.373 e. The van der Waals surface area contributed by atoms with Crippen LogP contribution in [0.1, 0.15) is 71.6 Å². The van der Waals surface area contributed by atoms with Gasteiger partial charge in [0.2, 0.25) is 5.91 Å². The maximum Gasteiger partial charge on any atom is 0.240 e. The molecule has 1 saturated heterocycles. The predicted octanol–water partition coefficient (Wildman–Crippen LogP) is 2.19. The Morgan fingerprint density at radius 2 is 1.71 bits per heavy atom. The van der Waals surface area contributed by atoms with Crippen molar-refractivity contribution in [1.29, 1.82) is 0 Å². The number of nitrogens with two attached hydrogens (primary N) is 1. The Morgan fingerprint density at radius 1 is 1.08 bits per heavy atom. The summed E-state index contributed by atoms with van der Waals surface area (Å²) < 4.78 is 5.91. The molecule has 1 aliphatic heterocycles. The first-order valence-electron chi connectivity index (χ1n) is 9.82. The average Bonchev–Trinajstić information content (AvgIpc) is 3.00. The summed E-state index contributed by atoms with van der Waals surface area (Å²) in [6, 6.07) is 0.